The molecule has 0 unspecified atom stereocenters. The van der Waals surface area contributed by atoms with Crippen LogP contribution in [0, 0.1) is 11.8 Å². The first-order chi connectivity index (χ1) is 12.9. The van der Waals surface area contributed by atoms with Crippen LogP contribution in [0.2, 0.25) is 0 Å². The van der Waals surface area contributed by atoms with Gasteiger partial charge < -0.3 is 10.4 Å². The molecule has 0 saturated carbocycles. The van der Waals surface area contributed by atoms with Gasteiger partial charge in [0.1, 0.15) is 18.3 Å². The van der Waals surface area contributed by atoms with Crippen LogP contribution < -0.4 is 5.32 Å². The van der Waals surface area contributed by atoms with E-state index in [4.69, 9.17) is 0 Å². The van der Waals surface area contributed by atoms with Crippen molar-refractivity contribution in [1.29, 1.82) is 0 Å². The lowest BCUT2D eigenvalue weighted by atomic mass is 10.1. The summed E-state index contributed by atoms with van der Waals surface area (Å²) < 4.78 is 1.66. The number of nitrogens with one attached hydrogen (secondary N) is 1. The molecule has 0 aliphatic carbocycles. The number of hydrogen-bond donors (Lipinski definition) is 2. The van der Waals surface area contributed by atoms with Gasteiger partial charge in [0, 0.05) is 17.7 Å². The van der Waals surface area contributed by atoms with Crippen LogP contribution in [0.5, 0.6) is 0 Å². The summed E-state index contributed by atoms with van der Waals surface area (Å²) in [5.74, 6) is 5.45. The van der Waals surface area contributed by atoms with E-state index in [2.05, 4.69) is 27.2 Å². The molecule has 0 spiro atoms. The van der Waals surface area contributed by atoms with Gasteiger partial charge in [0.05, 0.1) is 5.69 Å². The maximum Gasteiger partial charge on any atom is 0.251 e. The normalized spacial score (nSPS) is 10.8. The van der Waals surface area contributed by atoms with Crippen molar-refractivity contribution in [3.05, 3.63) is 77.9 Å². The summed E-state index contributed by atoms with van der Waals surface area (Å²) in [4.78, 5) is 16.4. The van der Waals surface area contributed by atoms with Crippen LogP contribution in [-0.2, 0) is 6.54 Å². The summed E-state index contributed by atoms with van der Waals surface area (Å²) >= 11 is 0. The van der Waals surface area contributed by atoms with Crippen LogP contribution >= 0.6 is 0 Å². The lowest BCUT2D eigenvalue weighted by molar-refractivity contribution is 0.0951. The smallest absolute Gasteiger partial charge is 0.251 e. The van der Waals surface area contributed by atoms with Gasteiger partial charge in [-0.1, -0.05) is 30.0 Å². The van der Waals surface area contributed by atoms with Gasteiger partial charge in [-0.15, -0.1) is 0 Å². The van der Waals surface area contributed by atoms with Crippen LogP contribution in [0.4, 0.5) is 0 Å². The van der Waals surface area contributed by atoms with Crippen LogP contribution in [0.25, 0.3) is 5.69 Å². The zero-order chi connectivity index (χ0) is 19.3. The molecule has 1 heterocycles. The Balaban J connectivity index is 1.68. The summed E-state index contributed by atoms with van der Waals surface area (Å²) in [7, 11) is 0. The molecule has 3 aromatic rings. The molecule has 0 atom stereocenters. The van der Waals surface area contributed by atoms with E-state index < -0.39 is 5.60 Å². The van der Waals surface area contributed by atoms with Crippen molar-refractivity contribution in [3.8, 4) is 17.5 Å². The molecule has 0 radical (unpaired) electrons. The van der Waals surface area contributed by atoms with Gasteiger partial charge in [-0.25, -0.2) is 9.67 Å². The number of carbonyl (C=O) groups excluding carboxylic acids is 1. The molecule has 27 heavy (non-hydrogen) atoms. The minimum absolute atomic E-state index is 0.176. The summed E-state index contributed by atoms with van der Waals surface area (Å²) in [6.45, 7) is 3.62. The lowest BCUT2D eigenvalue weighted by Crippen LogP contribution is -2.23. The number of para-hydroxylation sites is 1. The topological polar surface area (TPSA) is 80.0 Å². The Kier molecular flexibility index (Phi) is 5.34. The third-order valence-electron chi connectivity index (χ3n) is 3.76. The molecule has 1 amide bonds. The van der Waals surface area contributed by atoms with Crippen molar-refractivity contribution in [2.45, 2.75) is 26.0 Å². The standard InChI is InChI=1S/C21H20N4O2/c1-21(2,27)12-11-16-7-9-17(10-8-16)20(26)23-13-18-5-3-4-6-19(18)25-15-22-14-24-25/h3-10,14-15,27H,13H2,1-2H3,(H,23,26). The van der Waals surface area contributed by atoms with Gasteiger partial charge in [0.15, 0.2) is 0 Å². The maximum atomic E-state index is 12.4. The first-order valence-corrected chi connectivity index (χ1v) is 8.49. The fourth-order valence-corrected chi connectivity index (χ4v) is 2.42. The molecule has 0 aliphatic heterocycles. The van der Waals surface area contributed by atoms with Gasteiger partial charge in [-0.3, -0.25) is 4.79 Å². The molecule has 0 fully saturated rings. The highest BCUT2D eigenvalue weighted by molar-refractivity contribution is 5.94. The molecule has 2 aromatic carbocycles. The Morgan fingerprint density at radius 3 is 2.59 bits per heavy atom. The Labute approximate surface area is 157 Å². The number of benzene rings is 2. The summed E-state index contributed by atoms with van der Waals surface area (Å²) in [5, 5.41) is 16.7. The Morgan fingerprint density at radius 1 is 1.19 bits per heavy atom. The number of rotatable bonds is 4. The fraction of sp³-hybridized carbons (Fsp3) is 0.190. The van der Waals surface area contributed by atoms with E-state index in [1.54, 1.807) is 49.1 Å². The second-order valence-corrected chi connectivity index (χ2v) is 6.54. The van der Waals surface area contributed by atoms with Gasteiger partial charge in [-0.2, -0.15) is 5.10 Å². The molecule has 6 heteroatoms. The van der Waals surface area contributed by atoms with Crippen LogP contribution in [0.15, 0.2) is 61.2 Å². The predicted octanol–water partition coefficient (Wildman–Crippen LogP) is 2.32. The molecule has 2 N–H and O–H groups in total. The molecule has 136 valence electrons. The van der Waals surface area contributed by atoms with Crippen LogP contribution in [-0.4, -0.2) is 31.4 Å². The zero-order valence-corrected chi connectivity index (χ0v) is 15.2. The average molecular weight is 360 g/mol. The summed E-state index contributed by atoms with van der Waals surface area (Å²) in [5.41, 5.74) is 2.04. The predicted molar refractivity (Wildman–Crippen MR) is 102 cm³/mol. The van der Waals surface area contributed by atoms with Crippen LogP contribution in [0.3, 0.4) is 0 Å². The van der Waals surface area contributed by atoms with Crippen LogP contribution in [0.1, 0.15) is 35.3 Å². The quantitative estimate of drug-likeness (QED) is 0.700. The van der Waals surface area contributed by atoms with Gasteiger partial charge in [0.25, 0.3) is 5.91 Å². The fourth-order valence-electron chi connectivity index (χ4n) is 2.42. The SMILES string of the molecule is CC(C)(O)C#Cc1ccc(C(=O)NCc2ccccc2-n2cncn2)cc1. The number of aliphatic hydroxyl groups is 1. The molecule has 0 saturated heterocycles. The number of nitrogens with zero attached hydrogens (tertiary/aromatic N) is 3. The maximum absolute atomic E-state index is 12.4. The minimum atomic E-state index is -1.05. The average Bonchev–Trinajstić information content (AvgIpc) is 3.19. The first kappa shape index (κ1) is 18.4. The van der Waals surface area contributed by atoms with Gasteiger partial charge >= 0.3 is 0 Å². The molecule has 3 rings (SSSR count). The van der Waals surface area contributed by atoms with E-state index in [1.807, 2.05) is 24.3 Å². The van der Waals surface area contributed by atoms with Crippen molar-refractivity contribution < 1.29 is 9.90 Å². The Bertz CT molecular complexity index is 976. The second kappa shape index (κ2) is 7.85. The third kappa shape index (κ3) is 5.03. The highest BCUT2D eigenvalue weighted by Crippen LogP contribution is 2.13. The van der Waals surface area contributed by atoms with E-state index in [1.165, 1.54) is 6.33 Å². The van der Waals surface area contributed by atoms with Gasteiger partial charge in [-0.05, 0) is 49.7 Å². The Morgan fingerprint density at radius 2 is 1.93 bits per heavy atom. The van der Waals surface area contributed by atoms with E-state index in [0.29, 0.717) is 12.1 Å². The molecule has 0 aliphatic rings. The molecular formula is C21H20N4O2. The number of amides is 1. The van der Waals surface area contributed by atoms with E-state index in [0.717, 1.165) is 16.8 Å². The van der Waals surface area contributed by atoms with Gasteiger partial charge in [0.2, 0.25) is 0 Å². The van der Waals surface area contributed by atoms with Crippen molar-refractivity contribution in [2.75, 3.05) is 0 Å². The Hall–Kier alpha value is -3.43. The van der Waals surface area contributed by atoms with Crippen molar-refractivity contribution in [2.24, 2.45) is 0 Å². The van der Waals surface area contributed by atoms with Crippen molar-refractivity contribution >= 4 is 5.91 Å². The van der Waals surface area contributed by atoms with E-state index in [-0.39, 0.29) is 5.91 Å². The molecule has 0 bridgehead atoms. The summed E-state index contributed by atoms with van der Waals surface area (Å²) in [6.07, 6.45) is 3.09. The molecular weight excluding hydrogens is 340 g/mol. The molecule has 1 aromatic heterocycles. The number of carbonyl (C=O) groups is 1. The monoisotopic (exact) mass is 360 g/mol. The number of aromatic nitrogens is 3. The first-order valence-electron chi connectivity index (χ1n) is 8.49. The largest absolute Gasteiger partial charge is 0.378 e. The number of hydrogen-bond acceptors (Lipinski definition) is 4. The van der Waals surface area contributed by atoms with E-state index >= 15 is 0 Å². The van der Waals surface area contributed by atoms with Crippen molar-refractivity contribution in [1.82, 2.24) is 20.1 Å². The van der Waals surface area contributed by atoms with E-state index in [9.17, 15) is 9.90 Å². The third-order valence-corrected chi connectivity index (χ3v) is 3.76. The highest BCUT2D eigenvalue weighted by Gasteiger charge is 2.09. The molecule has 6 nitrogen and oxygen atoms in total. The highest BCUT2D eigenvalue weighted by atomic mass is 16.3. The second-order valence-electron chi connectivity index (χ2n) is 6.54. The van der Waals surface area contributed by atoms with Crippen molar-refractivity contribution in [3.63, 3.8) is 0 Å². The minimum Gasteiger partial charge on any atom is -0.378 e. The lowest BCUT2D eigenvalue weighted by Gasteiger charge is -2.10. The summed E-state index contributed by atoms with van der Waals surface area (Å²) in [6, 6.07) is 14.6. The zero-order valence-electron chi connectivity index (χ0n) is 15.2.